The molecule has 3 N–H and O–H groups in total. The van der Waals surface area contributed by atoms with Gasteiger partial charge in [-0.2, -0.15) is 0 Å². The van der Waals surface area contributed by atoms with E-state index in [0.29, 0.717) is 5.56 Å². The van der Waals surface area contributed by atoms with Crippen LogP contribution in [-0.2, 0) is 26.0 Å². The van der Waals surface area contributed by atoms with Crippen LogP contribution in [0.2, 0.25) is 0 Å². The molecule has 0 aliphatic heterocycles. The van der Waals surface area contributed by atoms with Crippen LogP contribution in [0.5, 0.6) is 0 Å². The molecule has 0 atom stereocenters. The zero-order chi connectivity index (χ0) is 15.2. The maximum Gasteiger partial charge on any atom is 0.338 e. The lowest BCUT2D eigenvalue weighted by atomic mass is 10.2. The monoisotopic (exact) mass is 302 g/mol. The average Bonchev–Trinajstić information content (AvgIpc) is 2.35. The smallest absolute Gasteiger partial charge is 0.338 e. The van der Waals surface area contributed by atoms with Crippen LogP contribution in [0, 0.1) is 0 Å². The highest BCUT2D eigenvalue weighted by atomic mass is 32.2. The number of hydrogen-bond donors (Lipinski definition) is 3. The first kappa shape index (κ1) is 15.9. The summed E-state index contributed by atoms with van der Waals surface area (Å²) in [5.74, 6) is -1.21. The van der Waals surface area contributed by atoms with Gasteiger partial charge in [0, 0.05) is 12.8 Å². The van der Waals surface area contributed by atoms with Crippen LogP contribution >= 0.6 is 0 Å². The molecule has 0 aliphatic rings. The van der Waals surface area contributed by atoms with Crippen LogP contribution in [0.15, 0.2) is 29.2 Å². The summed E-state index contributed by atoms with van der Waals surface area (Å²) in [6, 6.07) is 5.30. The summed E-state index contributed by atoms with van der Waals surface area (Å²) in [5.41, 5.74) is 2.58. The Hall–Kier alpha value is -2.13. The number of benzene rings is 1. The molecule has 0 saturated heterocycles. The Kier molecular flexibility index (Phi) is 5.47. The van der Waals surface area contributed by atoms with Gasteiger partial charge in [0.15, 0.2) is 16.4 Å². The van der Waals surface area contributed by atoms with Gasteiger partial charge in [0.2, 0.25) is 0 Å². The highest BCUT2D eigenvalue weighted by Gasteiger charge is 2.07. The van der Waals surface area contributed by atoms with Crippen LogP contribution in [0.1, 0.15) is 5.56 Å². The number of carboxylic acid groups (broad SMARTS) is 1. The minimum Gasteiger partial charge on any atom is -0.479 e. The molecule has 1 aromatic carbocycles. The molecule has 0 bridgehead atoms. The number of nitrogens with one attached hydrogen (secondary N) is 2. The standard InChI is InChI=1S/C11H14N2O6S/c1-20(17,18)9-4-2-8(3-5-9)6-12-11(16)13-19-7-10(14)15/h2-5H,6-7H2,1H3,(H,14,15)(H2,12,13,16). The van der Waals surface area contributed by atoms with Crippen molar-refractivity contribution in [2.75, 3.05) is 12.9 Å². The Bertz CT molecular complexity index is 581. The number of amides is 2. The number of carbonyl (C=O) groups excluding carboxylic acids is 1. The Balaban J connectivity index is 2.42. The molecule has 0 aliphatic carbocycles. The second-order valence-corrected chi connectivity index (χ2v) is 5.90. The fourth-order valence-corrected chi connectivity index (χ4v) is 1.87. The van der Waals surface area contributed by atoms with Gasteiger partial charge in [-0.05, 0) is 17.7 Å². The Morgan fingerprint density at radius 3 is 2.35 bits per heavy atom. The normalized spacial score (nSPS) is 10.8. The molecular formula is C11H14N2O6S. The number of sulfone groups is 1. The van der Waals surface area contributed by atoms with Gasteiger partial charge in [-0.15, -0.1) is 0 Å². The minimum atomic E-state index is -3.25. The van der Waals surface area contributed by atoms with E-state index in [-0.39, 0.29) is 11.4 Å². The van der Waals surface area contributed by atoms with Crippen molar-refractivity contribution >= 4 is 21.8 Å². The van der Waals surface area contributed by atoms with E-state index < -0.39 is 28.4 Å². The zero-order valence-corrected chi connectivity index (χ0v) is 11.4. The summed E-state index contributed by atoms with van der Waals surface area (Å²) in [7, 11) is -3.25. The largest absolute Gasteiger partial charge is 0.479 e. The molecule has 0 radical (unpaired) electrons. The number of hydrogen-bond acceptors (Lipinski definition) is 5. The van der Waals surface area contributed by atoms with Gasteiger partial charge in [-0.1, -0.05) is 12.1 Å². The first-order chi connectivity index (χ1) is 9.29. The third-order valence-electron chi connectivity index (χ3n) is 2.17. The SMILES string of the molecule is CS(=O)(=O)c1ccc(CNC(=O)NOCC(=O)O)cc1. The number of carbonyl (C=O) groups is 2. The van der Waals surface area contributed by atoms with E-state index in [0.717, 1.165) is 6.26 Å². The summed E-state index contributed by atoms with van der Waals surface area (Å²) in [6.45, 7) is -0.497. The van der Waals surface area contributed by atoms with E-state index >= 15 is 0 Å². The first-order valence-electron chi connectivity index (χ1n) is 5.45. The zero-order valence-electron chi connectivity index (χ0n) is 10.6. The van der Waals surface area contributed by atoms with Gasteiger partial charge in [-0.25, -0.2) is 23.5 Å². The van der Waals surface area contributed by atoms with Crippen LogP contribution in [0.25, 0.3) is 0 Å². The topological polar surface area (TPSA) is 122 Å². The molecule has 2 amide bonds. The highest BCUT2D eigenvalue weighted by molar-refractivity contribution is 7.90. The second kappa shape index (κ2) is 6.87. The van der Waals surface area contributed by atoms with Crippen LogP contribution in [0.4, 0.5) is 4.79 Å². The molecule has 9 heteroatoms. The lowest BCUT2D eigenvalue weighted by Crippen LogP contribution is -2.36. The second-order valence-electron chi connectivity index (χ2n) is 3.88. The molecular weight excluding hydrogens is 288 g/mol. The first-order valence-corrected chi connectivity index (χ1v) is 7.34. The van der Waals surface area contributed by atoms with E-state index in [1.807, 2.05) is 5.48 Å². The minimum absolute atomic E-state index is 0.145. The summed E-state index contributed by atoms with van der Waals surface area (Å²) < 4.78 is 22.5. The Morgan fingerprint density at radius 1 is 1.25 bits per heavy atom. The molecule has 0 heterocycles. The van der Waals surface area contributed by atoms with Crippen molar-refractivity contribution in [1.82, 2.24) is 10.8 Å². The summed E-state index contributed by atoms with van der Waals surface area (Å²) in [4.78, 5) is 25.9. The van der Waals surface area contributed by atoms with E-state index in [4.69, 9.17) is 5.11 Å². The fraction of sp³-hybridized carbons (Fsp3) is 0.273. The lowest BCUT2D eigenvalue weighted by molar-refractivity contribution is -0.144. The number of aliphatic carboxylic acids is 1. The highest BCUT2D eigenvalue weighted by Crippen LogP contribution is 2.09. The average molecular weight is 302 g/mol. The summed E-state index contributed by atoms with van der Waals surface area (Å²) in [6.07, 6.45) is 1.10. The number of rotatable bonds is 6. The van der Waals surface area contributed by atoms with Crippen molar-refractivity contribution in [3.63, 3.8) is 0 Å². The molecule has 110 valence electrons. The maximum absolute atomic E-state index is 11.2. The third kappa shape index (κ3) is 5.67. The van der Waals surface area contributed by atoms with Crippen LogP contribution in [-0.4, -0.2) is 38.4 Å². The fourth-order valence-electron chi connectivity index (χ4n) is 1.24. The van der Waals surface area contributed by atoms with Crippen molar-refractivity contribution in [1.29, 1.82) is 0 Å². The molecule has 0 saturated carbocycles. The van der Waals surface area contributed by atoms with Gasteiger partial charge >= 0.3 is 12.0 Å². The lowest BCUT2D eigenvalue weighted by Gasteiger charge is -2.07. The molecule has 1 rings (SSSR count). The van der Waals surface area contributed by atoms with Gasteiger partial charge < -0.3 is 10.4 Å². The van der Waals surface area contributed by atoms with Crippen molar-refractivity contribution in [2.24, 2.45) is 0 Å². The van der Waals surface area contributed by atoms with Gasteiger partial charge in [-0.3, -0.25) is 4.84 Å². The van der Waals surface area contributed by atoms with E-state index in [2.05, 4.69) is 10.2 Å². The molecule has 0 fully saturated rings. The summed E-state index contributed by atoms with van der Waals surface area (Å²) >= 11 is 0. The molecule has 0 aromatic heterocycles. The number of hydroxylamine groups is 1. The van der Waals surface area contributed by atoms with Crippen molar-refractivity contribution in [2.45, 2.75) is 11.4 Å². The Labute approximate surface area is 115 Å². The summed E-state index contributed by atoms with van der Waals surface area (Å²) in [5, 5.41) is 10.7. The molecule has 8 nitrogen and oxygen atoms in total. The van der Waals surface area contributed by atoms with E-state index in [1.165, 1.54) is 12.1 Å². The third-order valence-corrected chi connectivity index (χ3v) is 3.29. The van der Waals surface area contributed by atoms with Crippen molar-refractivity contribution < 1.29 is 28.0 Å². The predicted octanol–water partition coefficient (Wildman–Crippen LogP) is -0.0945. The van der Waals surface area contributed by atoms with Crippen LogP contribution in [0.3, 0.4) is 0 Å². The number of carboxylic acids is 1. The molecule has 0 unspecified atom stereocenters. The van der Waals surface area contributed by atoms with Crippen molar-refractivity contribution in [3.8, 4) is 0 Å². The molecule has 1 aromatic rings. The van der Waals surface area contributed by atoms with Gasteiger partial charge in [0.05, 0.1) is 4.90 Å². The van der Waals surface area contributed by atoms with Crippen LogP contribution < -0.4 is 10.8 Å². The quantitative estimate of drug-likeness (QED) is 0.631. The molecule has 0 spiro atoms. The molecule has 20 heavy (non-hydrogen) atoms. The predicted molar refractivity (Wildman–Crippen MR) is 68.5 cm³/mol. The maximum atomic E-state index is 11.2. The number of urea groups is 1. The Morgan fingerprint density at radius 2 is 1.85 bits per heavy atom. The van der Waals surface area contributed by atoms with Gasteiger partial charge in [0.25, 0.3) is 0 Å². The van der Waals surface area contributed by atoms with E-state index in [1.54, 1.807) is 12.1 Å². The van der Waals surface area contributed by atoms with Crippen molar-refractivity contribution in [3.05, 3.63) is 29.8 Å². The van der Waals surface area contributed by atoms with E-state index in [9.17, 15) is 18.0 Å². The van der Waals surface area contributed by atoms with Gasteiger partial charge in [0.1, 0.15) is 0 Å².